The number of aromatic nitrogens is 1. The number of fused-ring (bicyclic) bond motifs is 4. The lowest BCUT2D eigenvalue weighted by atomic mass is 9.86. The van der Waals surface area contributed by atoms with E-state index in [0.717, 1.165) is 24.3 Å². The maximum Gasteiger partial charge on any atom is 0.258 e. The van der Waals surface area contributed by atoms with E-state index in [-0.39, 0.29) is 42.0 Å². The van der Waals surface area contributed by atoms with Crippen molar-refractivity contribution in [1.82, 2.24) is 14.8 Å². The number of aliphatic hydroxyl groups excluding tert-OH is 1. The Balaban J connectivity index is 1.41. The molecule has 0 spiro atoms. The third kappa shape index (κ3) is 3.41. The van der Waals surface area contributed by atoms with Crippen LogP contribution in [0.15, 0.2) is 47.3 Å². The molecule has 6 nitrogen and oxygen atoms in total. The molecule has 168 valence electrons. The zero-order valence-corrected chi connectivity index (χ0v) is 18.3. The lowest BCUT2D eigenvalue weighted by Crippen LogP contribution is -2.47. The second kappa shape index (κ2) is 7.85. The zero-order chi connectivity index (χ0) is 21.8. The molecule has 2 aliphatic heterocycles. The first-order valence-electron chi connectivity index (χ1n) is 12.1. The minimum Gasteiger partial charge on any atom is -0.396 e. The van der Waals surface area contributed by atoms with E-state index < -0.39 is 0 Å². The van der Waals surface area contributed by atoms with Gasteiger partial charge in [-0.3, -0.25) is 14.5 Å². The topological polar surface area (TPSA) is 74.6 Å². The van der Waals surface area contributed by atoms with Crippen molar-refractivity contribution >= 4 is 5.91 Å². The standard InChI is InChI=1S/C26H31N3O3/c30-15-20-22-14-29-21(11-10-19(26(29)32)18-4-2-1-3-5-18)24(28(22)13-17-8-9-17)23(20)25(31)27-12-16-6-7-16/h1-5,10-11,16-17,20,22-24,30H,6-9,12-15H2,(H,27,31)/t20-,22-,23+,24+/m1/s1. The molecule has 1 aromatic carbocycles. The van der Waals surface area contributed by atoms with Gasteiger partial charge in [-0.05, 0) is 55.2 Å². The van der Waals surface area contributed by atoms with Crippen LogP contribution in [0.5, 0.6) is 0 Å². The van der Waals surface area contributed by atoms with Crippen molar-refractivity contribution in [1.29, 1.82) is 0 Å². The Morgan fingerprint density at radius 3 is 2.47 bits per heavy atom. The van der Waals surface area contributed by atoms with Crippen LogP contribution in [0.25, 0.3) is 11.1 Å². The van der Waals surface area contributed by atoms with Crippen molar-refractivity contribution in [3.63, 3.8) is 0 Å². The summed E-state index contributed by atoms with van der Waals surface area (Å²) in [6.07, 6.45) is 4.85. The van der Waals surface area contributed by atoms with Crippen LogP contribution in [0.3, 0.4) is 0 Å². The number of benzene rings is 1. The number of carbonyl (C=O) groups excluding carboxylic acids is 1. The highest BCUT2D eigenvalue weighted by Crippen LogP contribution is 2.50. The molecule has 4 atom stereocenters. The van der Waals surface area contributed by atoms with Gasteiger partial charge in [0, 0.05) is 49.5 Å². The number of amides is 1. The molecule has 2 N–H and O–H groups in total. The third-order valence-electron chi connectivity index (χ3n) is 7.99. The summed E-state index contributed by atoms with van der Waals surface area (Å²) in [6, 6.07) is 13.6. The van der Waals surface area contributed by atoms with Crippen molar-refractivity contribution in [2.45, 2.75) is 44.3 Å². The van der Waals surface area contributed by atoms with E-state index in [4.69, 9.17) is 0 Å². The summed E-state index contributed by atoms with van der Waals surface area (Å²) in [5, 5.41) is 13.5. The first-order chi connectivity index (χ1) is 15.7. The van der Waals surface area contributed by atoms with Gasteiger partial charge in [0.1, 0.15) is 0 Å². The Kier molecular flexibility index (Phi) is 4.95. The minimum absolute atomic E-state index is 0.00509. The molecule has 2 saturated carbocycles. The molecule has 32 heavy (non-hydrogen) atoms. The van der Waals surface area contributed by atoms with Crippen molar-refractivity contribution in [2.24, 2.45) is 23.7 Å². The summed E-state index contributed by atoms with van der Waals surface area (Å²) >= 11 is 0. The molecule has 2 aliphatic carbocycles. The number of nitrogens with one attached hydrogen (secondary N) is 1. The van der Waals surface area contributed by atoms with Crippen molar-refractivity contribution in [2.75, 3.05) is 19.7 Å². The van der Waals surface area contributed by atoms with E-state index in [2.05, 4.69) is 10.2 Å². The number of aliphatic hydroxyl groups is 1. The van der Waals surface area contributed by atoms with Gasteiger partial charge in [-0.25, -0.2) is 0 Å². The average Bonchev–Trinajstić information content (AvgIpc) is 3.73. The van der Waals surface area contributed by atoms with Gasteiger partial charge in [-0.1, -0.05) is 30.3 Å². The summed E-state index contributed by atoms with van der Waals surface area (Å²) in [4.78, 5) is 29.4. The highest BCUT2D eigenvalue weighted by molar-refractivity contribution is 5.81. The van der Waals surface area contributed by atoms with Crippen LogP contribution in [0.2, 0.25) is 0 Å². The zero-order valence-electron chi connectivity index (χ0n) is 18.3. The van der Waals surface area contributed by atoms with E-state index in [1.165, 1.54) is 25.7 Å². The molecule has 1 amide bonds. The number of carbonyl (C=O) groups is 1. The molecule has 2 bridgehead atoms. The first-order valence-corrected chi connectivity index (χ1v) is 12.1. The van der Waals surface area contributed by atoms with E-state index in [9.17, 15) is 14.7 Å². The predicted molar refractivity (Wildman–Crippen MR) is 122 cm³/mol. The van der Waals surface area contributed by atoms with Crippen molar-refractivity contribution < 1.29 is 9.90 Å². The van der Waals surface area contributed by atoms with Gasteiger partial charge < -0.3 is 15.0 Å². The lowest BCUT2D eigenvalue weighted by Gasteiger charge is -2.38. The average molecular weight is 434 g/mol. The van der Waals surface area contributed by atoms with Crippen LogP contribution in [-0.2, 0) is 11.3 Å². The third-order valence-corrected chi connectivity index (χ3v) is 7.99. The summed E-state index contributed by atoms with van der Waals surface area (Å²) in [7, 11) is 0. The van der Waals surface area contributed by atoms with Crippen LogP contribution >= 0.6 is 0 Å². The van der Waals surface area contributed by atoms with Crippen LogP contribution in [0.1, 0.15) is 37.4 Å². The van der Waals surface area contributed by atoms with E-state index in [0.29, 0.717) is 23.9 Å². The molecule has 6 heteroatoms. The van der Waals surface area contributed by atoms with Gasteiger partial charge in [0.25, 0.3) is 5.56 Å². The molecule has 1 aromatic heterocycles. The monoisotopic (exact) mass is 433 g/mol. The Morgan fingerprint density at radius 2 is 1.78 bits per heavy atom. The number of hydrogen-bond donors (Lipinski definition) is 2. The van der Waals surface area contributed by atoms with Crippen LogP contribution in [-0.4, -0.2) is 46.2 Å². The van der Waals surface area contributed by atoms with Gasteiger partial charge in [0.05, 0.1) is 12.0 Å². The number of pyridine rings is 1. The molecule has 2 aromatic rings. The number of nitrogens with zero attached hydrogens (tertiary/aromatic N) is 2. The quantitative estimate of drug-likeness (QED) is 0.703. The molecule has 3 fully saturated rings. The summed E-state index contributed by atoms with van der Waals surface area (Å²) < 4.78 is 1.89. The van der Waals surface area contributed by atoms with Gasteiger partial charge in [0.2, 0.25) is 5.91 Å². The molecule has 6 rings (SSSR count). The van der Waals surface area contributed by atoms with Gasteiger partial charge >= 0.3 is 0 Å². The van der Waals surface area contributed by atoms with Gasteiger partial charge in [-0.2, -0.15) is 0 Å². The van der Waals surface area contributed by atoms with Crippen LogP contribution < -0.4 is 10.9 Å². The van der Waals surface area contributed by atoms with E-state index in [1.54, 1.807) is 0 Å². The van der Waals surface area contributed by atoms with Crippen LogP contribution in [0.4, 0.5) is 0 Å². The molecule has 0 unspecified atom stereocenters. The van der Waals surface area contributed by atoms with Crippen molar-refractivity contribution in [3.05, 3.63) is 58.5 Å². The lowest BCUT2D eigenvalue weighted by molar-refractivity contribution is -0.127. The number of hydrogen-bond acceptors (Lipinski definition) is 4. The number of rotatable bonds is 7. The highest BCUT2D eigenvalue weighted by Gasteiger charge is 2.56. The first kappa shape index (κ1) is 20.2. The van der Waals surface area contributed by atoms with Gasteiger partial charge in [-0.15, -0.1) is 0 Å². The SMILES string of the molecule is O=C(NCC1CC1)[C@H]1[C@H](CO)[C@H]2Cn3c(ccc(-c4ccccc4)c3=O)[C@@H]1N2CC1CC1. The second-order valence-electron chi connectivity index (χ2n) is 10.2. The fourth-order valence-corrected chi connectivity index (χ4v) is 5.90. The smallest absolute Gasteiger partial charge is 0.258 e. The summed E-state index contributed by atoms with van der Waals surface area (Å²) in [6.45, 7) is 2.19. The largest absolute Gasteiger partial charge is 0.396 e. The molecular formula is C26H31N3O3. The summed E-state index contributed by atoms with van der Waals surface area (Å²) in [5.41, 5.74) is 2.54. The molecule has 3 heterocycles. The minimum atomic E-state index is -0.321. The molecule has 4 aliphatic rings. The molecule has 1 saturated heterocycles. The molecular weight excluding hydrogens is 402 g/mol. The normalized spacial score (nSPS) is 29.0. The fraction of sp³-hybridized carbons (Fsp3) is 0.538. The second-order valence-corrected chi connectivity index (χ2v) is 10.2. The Hall–Kier alpha value is -2.44. The predicted octanol–water partition coefficient (Wildman–Crippen LogP) is 2.42. The summed E-state index contributed by atoms with van der Waals surface area (Å²) in [5.74, 6) is 0.848. The molecule has 0 radical (unpaired) electrons. The van der Waals surface area contributed by atoms with Crippen molar-refractivity contribution in [3.8, 4) is 11.1 Å². The Morgan fingerprint density at radius 1 is 1.03 bits per heavy atom. The van der Waals surface area contributed by atoms with Crippen LogP contribution in [0, 0.1) is 23.7 Å². The van der Waals surface area contributed by atoms with E-state index >= 15 is 0 Å². The van der Waals surface area contributed by atoms with E-state index in [1.807, 2.05) is 47.0 Å². The van der Waals surface area contributed by atoms with Gasteiger partial charge in [0.15, 0.2) is 0 Å². The maximum atomic E-state index is 13.6. The maximum absolute atomic E-state index is 13.6. The Bertz CT molecular complexity index is 1070. The Labute approximate surface area is 188 Å². The highest BCUT2D eigenvalue weighted by atomic mass is 16.3. The fourth-order valence-electron chi connectivity index (χ4n) is 5.90.